The van der Waals surface area contributed by atoms with E-state index in [2.05, 4.69) is 10.6 Å². The number of alkyl halides is 1. The van der Waals surface area contributed by atoms with Gasteiger partial charge in [0.05, 0.1) is 19.2 Å². The van der Waals surface area contributed by atoms with E-state index >= 15 is 0 Å². The van der Waals surface area contributed by atoms with E-state index in [4.69, 9.17) is 9.47 Å². The lowest BCUT2D eigenvalue weighted by atomic mass is 10.00. The number of benzene rings is 1. The Bertz CT molecular complexity index is 1310. The first-order valence-corrected chi connectivity index (χ1v) is 15.6. The van der Waals surface area contributed by atoms with E-state index in [1.54, 1.807) is 20.8 Å². The van der Waals surface area contributed by atoms with Gasteiger partial charge in [-0.25, -0.2) is 9.18 Å². The number of nitrogens with zero attached hydrogens (tertiary/aromatic N) is 3. The first kappa shape index (κ1) is 34.0. The van der Waals surface area contributed by atoms with Crippen LogP contribution in [0.5, 0.6) is 5.75 Å². The molecule has 12 nitrogen and oxygen atoms in total. The Kier molecular flexibility index (Phi) is 9.98. The van der Waals surface area contributed by atoms with E-state index < -0.39 is 59.3 Å². The molecule has 0 saturated carbocycles. The third-order valence-electron chi connectivity index (χ3n) is 8.52. The Morgan fingerprint density at radius 2 is 1.71 bits per heavy atom. The maximum atomic E-state index is 14.8. The smallest absolute Gasteiger partial charge is 0.410 e. The van der Waals surface area contributed by atoms with Crippen molar-refractivity contribution in [2.24, 2.45) is 0 Å². The fourth-order valence-corrected chi connectivity index (χ4v) is 6.02. The van der Waals surface area contributed by atoms with Crippen molar-refractivity contribution in [3.8, 4) is 5.75 Å². The molecule has 0 aromatic heterocycles. The summed E-state index contributed by atoms with van der Waals surface area (Å²) in [4.78, 5) is 71.0. The van der Waals surface area contributed by atoms with Gasteiger partial charge in [0.25, 0.3) is 5.91 Å². The van der Waals surface area contributed by atoms with E-state index in [1.807, 2.05) is 24.3 Å². The number of nitrogens with one attached hydrogen (secondary N) is 2. The van der Waals surface area contributed by atoms with E-state index in [-0.39, 0.29) is 25.0 Å². The average molecular weight is 632 g/mol. The minimum Gasteiger partial charge on any atom is -0.493 e. The molecule has 3 aliphatic rings. The molecule has 13 heteroatoms. The molecule has 5 atom stereocenters. The van der Waals surface area contributed by atoms with Crippen LogP contribution in [0.25, 0.3) is 0 Å². The zero-order valence-corrected chi connectivity index (χ0v) is 27.2. The van der Waals surface area contributed by atoms with E-state index in [1.165, 1.54) is 23.8 Å². The zero-order valence-electron chi connectivity index (χ0n) is 27.2. The van der Waals surface area contributed by atoms with Crippen LogP contribution < -0.4 is 15.4 Å². The second kappa shape index (κ2) is 13.2. The SMILES string of the molecule is C[C@@H](C(=O)N[C@H]1CN(C(=O)C(C)(C)F)CC[C@H]2CC[C@@H](C(=O)N[C@@H]3CCOc4ccccc43)N2C1=O)N(C)C(=O)OC(C)(C)C. The van der Waals surface area contributed by atoms with Gasteiger partial charge in [-0.3, -0.25) is 24.1 Å². The van der Waals surface area contributed by atoms with E-state index in [0.29, 0.717) is 38.0 Å². The summed E-state index contributed by atoms with van der Waals surface area (Å²) < 4.78 is 25.9. The monoisotopic (exact) mass is 631 g/mol. The summed E-state index contributed by atoms with van der Waals surface area (Å²) in [6.45, 7) is 9.19. The number of carbonyl (C=O) groups excluding carboxylic acids is 5. The lowest BCUT2D eigenvalue weighted by molar-refractivity contribution is -0.150. The quantitative estimate of drug-likeness (QED) is 0.493. The zero-order chi connectivity index (χ0) is 33.3. The Labute approximate surface area is 263 Å². The van der Waals surface area contributed by atoms with Gasteiger partial charge in [-0.15, -0.1) is 0 Å². The summed E-state index contributed by atoms with van der Waals surface area (Å²) >= 11 is 0. The summed E-state index contributed by atoms with van der Waals surface area (Å²) in [5, 5.41) is 5.79. The highest BCUT2D eigenvalue weighted by Gasteiger charge is 2.47. The van der Waals surface area contributed by atoms with Crippen LogP contribution in [0, 0.1) is 0 Å². The maximum Gasteiger partial charge on any atom is 0.410 e. The summed E-state index contributed by atoms with van der Waals surface area (Å²) in [6.07, 6.45) is 1.11. The Morgan fingerprint density at radius 1 is 1.02 bits per heavy atom. The maximum absolute atomic E-state index is 14.8. The number of hydrogen-bond acceptors (Lipinski definition) is 7. The molecule has 4 rings (SSSR count). The highest BCUT2D eigenvalue weighted by Crippen LogP contribution is 2.34. The predicted octanol–water partition coefficient (Wildman–Crippen LogP) is 2.71. The summed E-state index contributed by atoms with van der Waals surface area (Å²) in [7, 11) is 1.41. The molecule has 0 spiro atoms. The van der Waals surface area contributed by atoms with Gasteiger partial charge in [-0.05, 0) is 66.9 Å². The number of fused-ring (bicyclic) bond motifs is 2. The highest BCUT2D eigenvalue weighted by molar-refractivity contribution is 5.95. The topological polar surface area (TPSA) is 138 Å². The normalized spacial score (nSPS) is 24.2. The molecular formula is C32H46FN5O7. The number of likely N-dealkylation sites (N-methyl/N-ethyl adjacent to an activating group) is 1. The third kappa shape index (κ3) is 7.85. The lowest BCUT2D eigenvalue weighted by Crippen LogP contribution is -2.63. The van der Waals surface area contributed by atoms with Crippen molar-refractivity contribution in [1.29, 1.82) is 0 Å². The third-order valence-corrected chi connectivity index (χ3v) is 8.52. The molecule has 45 heavy (non-hydrogen) atoms. The number of hydrogen-bond donors (Lipinski definition) is 2. The standard InChI is InChI=1S/C32H46FN5O7/c1-19(36(7)30(43)45-31(2,3)4)26(39)35-23-18-37(29(42)32(5,6)33)16-14-20-12-13-24(38(20)28(23)41)27(40)34-22-15-17-44-25-11-9-8-10-21(22)25/h8-11,19-20,22-24H,12-18H2,1-7H3,(H,34,40)(H,35,39)/t19-,20+,22+,23-,24-/m0/s1. The van der Waals surface area contributed by atoms with Gasteiger partial charge >= 0.3 is 6.09 Å². The molecule has 2 N–H and O–H groups in total. The second-order valence-electron chi connectivity index (χ2n) is 13.6. The van der Waals surface area contributed by atoms with Gasteiger partial charge in [0.2, 0.25) is 17.7 Å². The van der Waals surface area contributed by atoms with Gasteiger partial charge in [-0.2, -0.15) is 0 Å². The van der Waals surface area contributed by atoms with Crippen molar-refractivity contribution in [2.45, 2.75) is 109 Å². The van der Waals surface area contributed by atoms with Crippen LogP contribution in [0.15, 0.2) is 24.3 Å². The number of amides is 5. The second-order valence-corrected chi connectivity index (χ2v) is 13.6. The summed E-state index contributed by atoms with van der Waals surface area (Å²) in [6, 6.07) is 3.70. The molecule has 0 bridgehead atoms. The highest BCUT2D eigenvalue weighted by atomic mass is 19.1. The molecule has 248 valence electrons. The van der Waals surface area contributed by atoms with E-state index in [9.17, 15) is 28.4 Å². The Hall–Kier alpha value is -3.90. The van der Waals surface area contributed by atoms with Gasteiger partial charge in [-0.1, -0.05) is 18.2 Å². The molecule has 2 saturated heterocycles. The van der Waals surface area contributed by atoms with Crippen LogP contribution in [0.3, 0.4) is 0 Å². The average Bonchev–Trinajstić information content (AvgIpc) is 3.38. The number of ether oxygens (including phenoxy) is 2. The molecule has 3 aliphatic heterocycles. The first-order valence-electron chi connectivity index (χ1n) is 15.6. The van der Waals surface area contributed by atoms with Crippen LogP contribution in [0.4, 0.5) is 9.18 Å². The summed E-state index contributed by atoms with van der Waals surface area (Å²) in [5.74, 6) is -1.61. The van der Waals surface area contributed by atoms with Crippen molar-refractivity contribution >= 4 is 29.7 Å². The van der Waals surface area contributed by atoms with Gasteiger partial charge in [0.15, 0.2) is 5.67 Å². The number of rotatable bonds is 6. The van der Waals surface area contributed by atoms with Crippen molar-refractivity contribution in [1.82, 2.24) is 25.3 Å². The van der Waals surface area contributed by atoms with Crippen molar-refractivity contribution in [3.05, 3.63) is 29.8 Å². The number of carbonyl (C=O) groups is 5. The minimum atomic E-state index is -2.20. The summed E-state index contributed by atoms with van der Waals surface area (Å²) in [5.41, 5.74) is -2.12. The first-order chi connectivity index (χ1) is 21.0. The van der Waals surface area contributed by atoms with Gasteiger partial charge in [0.1, 0.15) is 29.5 Å². The van der Waals surface area contributed by atoms with Crippen molar-refractivity contribution in [3.63, 3.8) is 0 Å². The molecule has 5 amide bonds. The van der Waals surface area contributed by atoms with Crippen LogP contribution in [-0.2, 0) is 23.9 Å². The molecule has 3 heterocycles. The molecule has 1 aromatic carbocycles. The lowest BCUT2D eigenvalue weighted by Gasteiger charge is -2.40. The van der Waals surface area contributed by atoms with Crippen LogP contribution in [0.1, 0.15) is 78.8 Å². The fraction of sp³-hybridized carbons (Fsp3) is 0.656. The largest absolute Gasteiger partial charge is 0.493 e. The predicted molar refractivity (Wildman–Crippen MR) is 163 cm³/mol. The van der Waals surface area contributed by atoms with Gasteiger partial charge in [0, 0.05) is 31.6 Å². The number of halogens is 1. The molecule has 0 unspecified atom stereocenters. The van der Waals surface area contributed by atoms with Crippen LogP contribution >= 0.6 is 0 Å². The van der Waals surface area contributed by atoms with Crippen molar-refractivity contribution in [2.75, 3.05) is 26.7 Å². The molecule has 1 aromatic rings. The minimum absolute atomic E-state index is 0.141. The van der Waals surface area contributed by atoms with Crippen LogP contribution in [-0.4, -0.2) is 107 Å². The molecule has 2 fully saturated rings. The molecule has 0 aliphatic carbocycles. The Balaban J connectivity index is 1.56. The van der Waals surface area contributed by atoms with Crippen LogP contribution in [0.2, 0.25) is 0 Å². The van der Waals surface area contributed by atoms with Crippen molar-refractivity contribution < 1.29 is 37.8 Å². The molecule has 0 radical (unpaired) electrons. The molecular weight excluding hydrogens is 585 g/mol. The van der Waals surface area contributed by atoms with E-state index in [0.717, 1.165) is 24.3 Å². The fourth-order valence-electron chi connectivity index (χ4n) is 6.02. The number of para-hydroxylation sites is 1. The Morgan fingerprint density at radius 3 is 2.38 bits per heavy atom. The van der Waals surface area contributed by atoms with Gasteiger partial charge < -0.3 is 29.9 Å².